The third-order valence-corrected chi connectivity index (χ3v) is 2.42. The van der Waals surface area contributed by atoms with E-state index in [1.807, 2.05) is 24.3 Å². The molecule has 0 amide bonds. The highest BCUT2D eigenvalue weighted by molar-refractivity contribution is 5.76. The van der Waals surface area contributed by atoms with Gasteiger partial charge in [-0.1, -0.05) is 24.3 Å². The van der Waals surface area contributed by atoms with Crippen LogP contribution in [0.3, 0.4) is 0 Å². The van der Waals surface area contributed by atoms with Crippen LogP contribution in [0.1, 0.15) is 11.1 Å². The number of aromatic hydroxyl groups is 2. The van der Waals surface area contributed by atoms with Crippen LogP contribution in [0.15, 0.2) is 42.5 Å². The van der Waals surface area contributed by atoms with Crippen molar-refractivity contribution in [2.75, 3.05) is 5.73 Å². The van der Waals surface area contributed by atoms with Gasteiger partial charge in [0.15, 0.2) is 0 Å². The van der Waals surface area contributed by atoms with E-state index < -0.39 is 0 Å². The summed E-state index contributed by atoms with van der Waals surface area (Å²) in [5.74, 6) is 0.399. The smallest absolute Gasteiger partial charge is 0.117 e. The van der Waals surface area contributed by atoms with Crippen LogP contribution in [0.4, 0.5) is 5.69 Å². The van der Waals surface area contributed by atoms with Crippen LogP contribution in [-0.4, -0.2) is 10.2 Å². The maximum atomic E-state index is 9.22. The summed E-state index contributed by atoms with van der Waals surface area (Å²) in [6.45, 7) is 0. The summed E-state index contributed by atoms with van der Waals surface area (Å²) in [5, 5.41) is 18.4. The van der Waals surface area contributed by atoms with Crippen molar-refractivity contribution in [2.45, 2.75) is 0 Å². The average molecular weight is 227 g/mol. The maximum absolute atomic E-state index is 9.22. The third-order valence-electron chi connectivity index (χ3n) is 2.42. The molecule has 0 aliphatic carbocycles. The van der Waals surface area contributed by atoms with E-state index in [4.69, 9.17) is 10.8 Å². The number of phenolic OH excluding ortho intramolecular Hbond substituents is 2. The number of hydrogen-bond acceptors (Lipinski definition) is 3. The van der Waals surface area contributed by atoms with Crippen molar-refractivity contribution in [2.24, 2.45) is 0 Å². The van der Waals surface area contributed by atoms with Crippen molar-refractivity contribution in [3.05, 3.63) is 53.6 Å². The molecular weight excluding hydrogens is 214 g/mol. The van der Waals surface area contributed by atoms with Gasteiger partial charge in [0.1, 0.15) is 11.5 Å². The molecule has 3 heteroatoms. The van der Waals surface area contributed by atoms with Gasteiger partial charge in [-0.25, -0.2) is 0 Å². The van der Waals surface area contributed by atoms with E-state index in [1.165, 1.54) is 6.07 Å². The lowest BCUT2D eigenvalue weighted by Gasteiger charge is -2.01. The summed E-state index contributed by atoms with van der Waals surface area (Å²) in [7, 11) is 0. The number of nitrogen functional groups attached to an aromatic ring is 1. The molecule has 0 radical (unpaired) electrons. The average Bonchev–Trinajstić information content (AvgIpc) is 2.30. The molecule has 0 aliphatic rings. The highest BCUT2D eigenvalue weighted by atomic mass is 16.3. The first kappa shape index (κ1) is 11.1. The Kier molecular flexibility index (Phi) is 3.01. The second-order valence-corrected chi connectivity index (χ2v) is 3.74. The molecule has 0 heterocycles. The zero-order valence-electron chi connectivity index (χ0n) is 9.17. The van der Waals surface area contributed by atoms with Crippen molar-refractivity contribution in [3.63, 3.8) is 0 Å². The first-order valence-corrected chi connectivity index (χ1v) is 5.21. The highest BCUT2D eigenvalue weighted by Gasteiger charge is 1.96. The Labute approximate surface area is 99.5 Å². The Hall–Kier alpha value is -2.42. The molecule has 0 fully saturated rings. The van der Waals surface area contributed by atoms with Gasteiger partial charge in [0.25, 0.3) is 0 Å². The minimum absolute atomic E-state index is 0.157. The van der Waals surface area contributed by atoms with Crippen LogP contribution in [0.5, 0.6) is 11.5 Å². The van der Waals surface area contributed by atoms with Crippen molar-refractivity contribution < 1.29 is 10.2 Å². The zero-order chi connectivity index (χ0) is 12.3. The lowest BCUT2D eigenvalue weighted by Crippen LogP contribution is -1.87. The number of nitrogens with two attached hydrogens (primary N) is 1. The van der Waals surface area contributed by atoms with Crippen LogP contribution in [0, 0.1) is 0 Å². The number of rotatable bonds is 2. The van der Waals surface area contributed by atoms with E-state index in [-0.39, 0.29) is 11.5 Å². The number of phenols is 2. The summed E-state index contributed by atoms with van der Waals surface area (Å²) in [6, 6.07) is 11.7. The normalized spacial score (nSPS) is 10.8. The highest BCUT2D eigenvalue weighted by Crippen LogP contribution is 2.21. The SMILES string of the molecule is Nc1cc(O)ccc1/C=C/c1ccc(O)cc1. The van der Waals surface area contributed by atoms with Crippen LogP contribution in [-0.2, 0) is 0 Å². The van der Waals surface area contributed by atoms with Gasteiger partial charge in [-0.05, 0) is 35.4 Å². The summed E-state index contributed by atoms with van der Waals surface area (Å²) in [4.78, 5) is 0. The molecule has 0 bridgehead atoms. The molecule has 0 aliphatic heterocycles. The maximum Gasteiger partial charge on any atom is 0.117 e. The second kappa shape index (κ2) is 4.61. The van der Waals surface area contributed by atoms with Crippen LogP contribution in [0.2, 0.25) is 0 Å². The molecule has 17 heavy (non-hydrogen) atoms. The molecule has 0 saturated heterocycles. The quantitative estimate of drug-likeness (QED) is 0.546. The molecule has 0 spiro atoms. The third kappa shape index (κ3) is 2.78. The summed E-state index contributed by atoms with van der Waals surface area (Å²) >= 11 is 0. The Balaban J connectivity index is 2.23. The Morgan fingerprint density at radius 2 is 1.47 bits per heavy atom. The van der Waals surface area contributed by atoms with Gasteiger partial charge in [-0.3, -0.25) is 0 Å². The number of hydrogen-bond donors (Lipinski definition) is 3. The molecule has 2 rings (SSSR count). The van der Waals surface area contributed by atoms with Crippen LogP contribution < -0.4 is 5.73 Å². The van der Waals surface area contributed by atoms with E-state index >= 15 is 0 Å². The molecule has 0 unspecified atom stereocenters. The van der Waals surface area contributed by atoms with Gasteiger partial charge in [-0.15, -0.1) is 0 Å². The van der Waals surface area contributed by atoms with Crippen molar-refractivity contribution in [1.82, 2.24) is 0 Å². The second-order valence-electron chi connectivity index (χ2n) is 3.74. The molecule has 0 aromatic heterocycles. The molecule has 3 nitrogen and oxygen atoms in total. The summed E-state index contributed by atoms with van der Waals surface area (Å²) in [6.07, 6.45) is 3.75. The molecule has 0 saturated carbocycles. The van der Waals surface area contributed by atoms with Crippen LogP contribution in [0.25, 0.3) is 12.2 Å². The summed E-state index contributed by atoms with van der Waals surface area (Å²) in [5.41, 5.74) is 8.10. The first-order valence-electron chi connectivity index (χ1n) is 5.21. The minimum atomic E-state index is 0.157. The van der Waals surface area contributed by atoms with Gasteiger partial charge >= 0.3 is 0 Å². The van der Waals surface area contributed by atoms with E-state index in [9.17, 15) is 5.11 Å². The Morgan fingerprint density at radius 3 is 2.12 bits per heavy atom. The first-order chi connectivity index (χ1) is 8.15. The molecule has 2 aromatic rings. The molecule has 86 valence electrons. The van der Waals surface area contributed by atoms with Gasteiger partial charge in [0.05, 0.1) is 0 Å². The monoisotopic (exact) mass is 227 g/mol. The van der Waals surface area contributed by atoms with Gasteiger partial charge in [-0.2, -0.15) is 0 Å². The zero-order valence-corrected chi connectivity index (χ0v) is 9.17. The molecular formula is C14H13NO2. The fraction of sp³-hybridized carbons (Fsp3) is 0. The number of benzene rings is 2. The Bertz CT molecular complexity index is 545. The summed E-state index contributed by atoms with van der Waals surface area (Å²) < 4.78 is 0. The molecule has 4 N–H and O–H groups in total. The predicted octanol–water partition coefficient (Wildman–Crippen LogP) is 2.85. The van der Waals surface area contributed by atoms with Gasteiger partial charge < -0.3 is 15.9 Å². The van der Waals surface area contributed by atoms with Crippen molar-refractivity contribution >= 4 is 17.8 Å². The number of anilines is 1. The van der Waals surface area contributed by atoms with Crippen molar-refractivity contribution in [3.8, 4) is 11.5 Å². The predicted molar refractivity (Wildman–Crippen MR) is 69.6 cm³/mol. The Morgan fingerprint density at radius 1 is 0.824 bits per heavy atom. The lowest BCUT2D eigenvalue weighted by molar-refractivity contribution is 0.475. The van der Waals surface area contributed by atoms with Crippen LogP contribution >= 0.6 is 0 Å². The molecule has 0 atom stereocenters. The van der Waals surface area contributed by atoms with Gasteiger partial charge in [0, 0.05) is 11.8 Å². The van der Waals surface area contributed by atoms with E-state index in [2.05, 4.69) is 0 Å². The molecule has 2 aromatic carbocycles. The van der Waals surface area contributed by atoms with Crippen molar-refractivity contribution in [1.29, 1.82) is 0 Å². The fourth-order valence-electron chi connectivity index (χ4n) is 1.49. The standard InChI is InChI=1S/C14H13NO2/c15-14-9-13(17)8-5-11(14)4-1-10-2-6-12(16)7-3-10/h1-9,16-17H,15H2/b4-1+. The van der Waals surface area contributed by atoms with E-state index in [0.717, 1.165) is 11.1 Å². The van der Waals surface area contributed by atoms with E-state index in [1.54, 1.807) is 24.3 Å². The fourth-order valence-corrected chi connectivity index (χ4v) is 1.49. The lowest BCUT2D eigenvalue weighted by atomic mass is 10.1. The van der Waals surface area contributed by atoms with Gasteiger partial charge in [0.2, 0.25) is 0 Å². The largest absolute Gasteiger partial charge is 0.508 e. The topological polar surface area (TPSA) is 66.5 Å². The minimum Gasteiger partial charge on any atom is -0.508 e. The van der Waals surface area contributed by atoms with E-state index in [0.29, 0.717) is 5.69 Å².